The van der Waals surface area contributed by atoms with Crippen molar-refractivity contribution >= 4 is 0 Å². The van der Waals surface area contributed by atoms with Gasteiger partial charge in [0.2, 0.25) is 0 Å². The fourth-order valence-corrected chi connectivity index (χ4v) is 0.466. The lowest BCUT2D eigenvalue weighted by Crippen LogP contribution is -1.82. The molecule has 0 atom stereocenters. The van der Waals surface area contributed by atoms with Gasteiger partial charge in [-0.25, -0.2) is 0 Å². The molecule has 0 spiro atoms. The van der Waals surface area contributed by atoms with Gasteiger partial charge in [0.15, 0.2) is 0 Å². The van der Waals surface area contributed by atoms with Crippen LogP contribution >= 0.6 is 0 Å². The van der Waals surface area contributed by atoms with Crippen LogP contribution in [0.3, 0.4) is 0 Å². The van der Waals surface area contributed by atoms with Crippen molar-refractivity contribution in [1.82, 2.24) is 0 Å². The summed E-state index contributed by atoms with van der Waals surface area (Å²) in [6.45, 7) is 2.03. The van der Waals surface area contributed by atoms with Gasteiger partial charge in [-0.15, -0.1) is 12.3 Å². The number of unbranched alkanes of at least 4 members (excludes halogenated alkanes) is 1. The first-order valence-electron chi connectivity index (χ1n) is 3.01. The molecule has 1 nitrogen and oxygen atoms in total. The topological polar surface area (TPSA) is 20.2 Å². The molecule has 0 aliphatic carbocycles. The summed E-state index contributed by atoms with van der Waals surface area (Å²) < 4.78 is 0. The van der Waals surface area contributed by atoms with E-state index >= 15 is 0 Å². The summed E-state index contributed by atoms with van der Waals surface area (Å²) in [5.74, 6) is 2.52. The fraction of sp³-hybridized carbons (Fsp3) is 0.500. The molecule has 50 valence electrons. The number of allylic oxidation sites excluding steroid dienone is 1. The van der Waals surface area contributed by atoms with Gasteiger partial charge in [-0.05, 0) is 13.3 Å². The van der Waals surface area contributed by atoms with Gasteiger partial charge in [0.05, 0.1) is 6.61 Å². The van der Waals surface area contributed by atoms with E-state index in [1.807, 2.05) is 13.0 Å². The smallest absolute Gasteiger partial charge is 0.0639 e. The molecule has 0 fully saturated rings. The number of aliphatic hydroxyl groups is 1. The molecule has 1 N–H and O–H groups in total. The lowest BCUT2D eigenvalue weighted by atomic mass is 10.2. The molecule has 9 heavy (non-hydrogen) atoms. The highest BCUT2D eigenvalue weighted by atomic mass is 16.3. The van der Waals surface area contributed by atoms with E-state index in [1.165, 1.54) is 0 Å². The number of terminal acetylenes is 1. The Morgan fingerprint density at radius 2 is 2.44 bits per heavy atom. The van der Waals surface area contributed by atoms with Crippen molar-refractivity contribution in [3.63, 3.8) is 0 Å². The maximum atomic E-state index is 8.51. The van der Waals surface area contributed by atoms with E-state index in [2.05, 4.69) is 5.92 Å². The second-order valence-corrected chi connectivity index (χ2v) is 1.95. The van der Waals surface area contributed by atoms with Crippen LogP contribution in [0, 0.1) is 12.3 Å². The molecule has 0 saturated heterocycles. The van der Waals surface area contributed by atoms with Gasteiger partial charge in [0.25, 0.3) is 0 Å². The highest BCUT2D eigenvalue weighted by Crippen LogP contribution is 1.95. The van der Waals surface area contributed by atoms with Crippen LogP contribution in [0.2, 0.25) is 0 Å². The largest absolute Gasteiger partial charge is 0.392 e. The first kappa shape index (κ1) is 8.26. The molecule has 0 aromatic heterocycles. The van der Waals surface area contributed by atoms with E-state index < -0.39 is 0 Å². The molecule has 0 rings (SSSR count). The molecule has 0 heterocycles. The van der Waals surface area contributed by atoms with Crippen LogP contribution in [0.4, 0.5) is 0 Å². The minimum Gasteiger partial charge on any atom is -0.392 e. The van der Waals surface area contributed by atoms with Gasteiger partial charge in [0.1, 0.15) is 0 Å². The summed E-state index contributed by atoms with van der Waals surface area (Å²) >= 11 is 0. The molecule has 0 saturated carbocycles. The second-order valence-electron chi connectivity index (χ2n) is 1.95. The average Bonchev–Trinajstić information content (AvgIpc) is 1.89. The molecule has 0 bridgehead atoms. The van der Waals surface area contributed by atoms with E-state index in [4.69, 9.17) is 11.5 Å². The maximum absolute atomic E-state index is 8.51. The molecule has 0 amide bonds. The minimum atomic E-state index is 0.143. The zero-order chi connectivity index (χ0) is 7.11. The van der Waals surface area contributed by atoms with E-state index in [-0.39, 0.29) is 6.61 Å². The monoisotopic (exact) mass is 124 g/mol. The Balaban J connectivity index is 3.35. The number of rotatable bonds is 3. The van der Waals surface area contributed by atoms with Crippen molar-refractivity contribution in [3.8, 4) is 12.3 Å². The molecular weight excluding hydrogens is 112 g/mol. The summed E-state index contributed by atoms with van der Waals surface area (Å²) in [6, 6.07) is 0. The number of hydrogen-bond donors (Lipinski definition) is 1. The van der Waals surface area contributed by atoms with Crippen LogP contribution < -0.4 is 0 Å². The zero-order valence-corrected chi connectivity index (χ0v) is 5.72. The summed E-state index contributed by atoms with van der Waals surface area (Å²) in [7, 11) is 0. The third-order valence-electron chi connectivity index (χ3n) is 1.03. The summed E-state index contributed by atoms with van der Waals surface area (Å²) in [6.07, 6.45) is 8.61. The third kappa shape index (κ3) is 5.13. The van der Waals surface area contributed by atoms with Crippen LogP contribution in [0.15, 0.2) is 11.6 Å². The molecule has 1 heteroatoms. The van der Waals surface area contributed by atoms with Crippen LogP contribution in [-0.2, 0) is 0 Å². The number of hydrogen-bond acceptors (Lipinski definition) is 1. The third-order valence-corrected chi connectivity index (χ3v) is 1.03. The van der Waals surface area contributed by atoms with Gasteiger partial charge < -0.3 is 5.11 Å². The van der Waals surface area contributed by atoms with Crippen LogP contribution in [-0.4, -0.2) is 11.7 Å². The average molecular weight is 124 g/mol. The Labute approximate surface area is 56.4 Å². The predicted molar refractivity (Wildman–Crippen MR) is 38.9 cm³/mol. The molecule has 0 radical (unpaired) electrons. The minimum absolute atomic E-state index is 0.143. The van der Waals surface area contributed by atoms with Crippen molar-refractivity contribution in [1.29, 1.82) is 0 Å². The van der Waals surface area contributed by atoms with Crippen molar-refractivity contribution in [2.75, 3.05) is 6.61 Å². The highest BCUT2D eigenvalue weighted by Gasteiger charge is 1.82. The maximum Gasteiger partial charge on any atom is 0.0639 e. The molecule has 0 aromatic carbocycles. The first-order valence-corrected chi connectivity index (χ1v) is 3.01. The van der Waals surface area contributed by atoms with Gasteiger partial charge in [-0.3, -0.25) is 0 Å². The summed E-state index contributed by atoms with van der Waals surface area (Å²) in [5.41, 5.74) is 0.991. The van der Waals surface area contributed by atoms with Crippen LogP contribution in [0.1, 0.15) is 19.8 Å². The van der Waals surface area contributed by atoms with E-state index in [1.54, 1.807) is 0 Å². The Kier molecular flexibility index (Phi) is 4.95. The molecule has 0 aliphatic rings. The van der Waals surface area contributed by atoms with E-state index in [9.17, 15) is 0 Å². The second kappa shape index (κ2) is 5.40. The standard InChI is InChI=1S/C8H12O/c1-3-4-5-6-8(2)7-9/h1,6,9H,4-5,7H2,2H3. The molecule has 0 unspecified atom stereocenters. The molecular formula is C8H12O. The van der Waals surface area contributed by atoms with Crippen molar-refractivity contribution < 1.29 is 5.11 Å². The van der Waals surface area contributed by atoms with Crippen molar-refractivity contribution in [3.05, 3.63) is 11.6 Å². The van der Waals surface area contributed by atoms with Gasteiger partial charge in [0, 0.05) is 6.42 Å². The predicted octanol–water partition coefficient (Wildman–Crippen LogP) is 1.34. The van der Waals surface area contributed by atoms with Crippen molar-refractivity contribution in [2.45, 2.75) is 19.8 Å². The van der Waals surface area contributed by atoms with Crippen LogP contribution in [0.5, 0.6) is 0 Å². The van der Waals surface area contributed by atoms with E-state index in [0.717, 1.165) is 18.4 Å². The zero-order valence-electron chi connectivity index (χ0n) is 5.72. The SMILES string of the molecule is C#CCCC=C(C)CO. The van der Waals surface area contributed by atoms with Gasteiger partial charge >= 0.3 is 0 Å². The van der Waals surface area contributed by atoms with E-state index in [0.29, 0.717) is 0 Å². The highest BCUT2D eigenvalue weighted by molar-refractivity contribution is 4.99. The van der Waals surface area contributed by atoms with Gasteiger partial charge in [-0.1, -0.05) is 11.6 Å². The Morgan fingerprint density at radius 1 is 1.78 bits per heavy atom. The summed E-state index contributed by atoms with van der Waals surface area (Å²) in [4.78, 5) is 0. The Hall–Kier alpha value is -0.740. The van der Waals surface area contributed by atoms with Crippen LogP contribution in [0.25, 0.3) is 0 Å². The molecule has 0 aromatic rings. The lowest BCUT2D eigenvalue weighted by molar-refractivity contribution is 0.331. The molecule has 0 aliphatic heterocycles. The Bertz CT molecular complexity index is 128. The normalized spacial score (nSPS) is 11.0. The Morgan fingerprint density at radius 3 is 2.89 bits per heavy atom. The number of aliphatic hydroxyl groups excluding tert-OH is 1. The summed E-state index contributed by atoms with van der Waals surface area (Å²) in [5, 5.41) is 8.51. The first-order chi connectivity index (χ1) is 4.31. The lowest BCUT2D eigenvalue weighted by Gasteiger charge is -1.90. The van der Waals surface area contributed by atoms with Crippen molar-refractivity contribution in [2.24, 2.45) is 0 Å². The fourth-order valence-electron chi connectivity index (χ4n) is 0.466. The quantitative estimate of drug-likeness (QED) is 0.342. The van der Waals surface area contributed by atoms with Gasteiger partial charge in [-0.2, -0.15) is 0 Å².